The number of hydrogen-bond acceptors (Lipinski definition) is 4. The molecule has 1 fully saturated rings. The Labute approximate surface area is 113 Å². The lowest BCUT2D eigenvalue weighted by Crippen LogP contribution is -2.30. The fourth-order valence-corrected chi connectivity index (χ4v) is 4.08. The van der Waals surface area contributed by atoms with Gasteiger partial charge in [0.25, 0.3) is 0 Å². The van der Waals surface area contributed by atoms with E-state index in [1.54, 1.807) is 19.1 Å². The summed E-state index contributed by atoms with van der Waals surface area (Å²) >= 11 is 0. The van der Waals surface area contributed by atoms with Gasteiger partial charge in [-0.15, -0.1) is 0 Å². The molecule has 0 aliphatic carbocycles. The third-order valence-electron chi connectivity index (χ3n) is 3.52. The van der Waals surface area contributed by atoms with Gasteiger partial charge in [0.2, 0.25) is 10.0 Å². The molecule has 1 aromatic rings. The van der Waals surface area contributed by atoms with Gasteiger partial charge in [-0.2, -0.15) is 9.57 Å². The summed E-state index contributed by atoms with van der Waals surface area (Å²) in [4.78, 5) is 0.226. The van der Waals surface area contributed by atoms with E-state index >= 15 is 0 Å². The van der Waals surface area contributed by atoms with Gasteiger partial charge in [0, 0.05) is 13.1 Å². The lowest BCUT2D eigenvalue weighted by Gasteiger charge is -2.18. The van der Waals surface area contributed by atoms with Crippen LogP contribution in [0.25, 0.3) is 0 Å². The molecule has 1 aliphatic heterocycles. The Morgan fingerprint density at radius 3 is 2.84 bits per heavy atom. The molecule has 102 valence electrons. The molecule has 1 aromatic carbocycles. The second-order valence-corrected chi connectivity index (χ2v) is 6.75. The summed E-state index contributed by atoms with van der Waals surface area (Å²) in [5.41, 5.74) is 6.61. The maximum Gasteiger partial charge on any atom is 0.243 e. The van der Waals surface area contributed by atoms with Crippen LogP contribution < -0.4 is 5.73 Å². The Bertz CT molecular complexity index is 619. The van der Waals surface area contributed by atoms with Crippen LogP contribution in [0, 0.1) is 24.2 Å². The summed E-state index contributed by atoms with van der Waals surface area (Å²) < 4.78 is 26.6. The van der Waals surface area contributed by atoms with Gasteiger partial charge in [0.05, 0.1) is 16.5 Å². The van der Waals surface area contributed by atoms with E-state index < -0.39 is 10.0 Å². The summed E-state index contributed by atoms with van der Waals surface area (Å²) in [6.45, 7) is 3.21. The second-order valence-electron chi connectivity index (χ2n) is 4.85. The highest BCUT2D eigenvalue weighted by Crippen LogP contribution is 2.26. The van der Waals surface area contributed by atoms with E-state index in [1.165, 1.54) is 10.4 Å². The highest BCUT2D eigenvalue weighted by Gasteiger charge is 2.32. The van der Waals surface area contributed by atoms with Crippen LogP contribution >= 0.6 is 0 Å². The molecule has 0 saturated carbocycles. The summed E-state index contributed by atoms with van der Waals surface area (Å²) in [6.07, 6.45) is 0.798. The summed E-state index contributed by atoms with van der Waals surface area (Å²) in [7, 11) is -3.52. The first kappa shape index (κ1) is 14.0. The Balaban J connectivity index is 2.38. The summed E-state index contributed by atoms with van der Waals surface area (Å²) in [5.74, 6) is 0.231. The molecule has 0 amide bonds. The van der Waals surface area contributed by atoms with Crippen LogP contribution in [0.2, 0.25) is 0 Å². The molecular weight excluding hydrogens is 262 g/mol. The van der Waals surface area contributed by atoms with Crippen LogP contribution in [0.1, 0.15) is 17.5 Å². The highest BCUT2D eigenvalue weighted by atomic mass is 32.2. The van der Waals surface area contributed by atoms with Gasteiger partial charge < -0.3 is 5.73 Å². The maximum atomic E-state index is 12.6. The predicted octanol–water partition coefficient (Wildman–Crippen LogP) is 0.836. The minimum absolute atomic E-state index is 0.226. The van der Waals surface area contributed by atoms with Crippen molar-refractivity contribution < 1.29 is 8.42 Å². The average Bonchev–Trinajstić information content (AvgIpc) is 2.88. The molecule has 0 bridgehead atoms. The topological polar surface area (TPSA) is 87.2 Å². The zero-order valence-corrected chi connectivity index (χ0v) is 11.7. The van der Waals surface area contributed by atoms with E-state index in [9.17, 15) is 8.42 Å². The van der Waals surface area contributed by atoms with Crippen molar-refractivity contribution >= 4 is 10.0 Å². The van der Waals surface area contributed by atoms with Gasteiger partial charge in [0.1, 0.15) is 0 Å². The van der Waals surface area contributed by atoms with Crippen molar-refractivity contribution in [2.24, 2.45) is 11.7 Å². The fourth-order valence-electron chi connectivity index (χ4n) is 2.29. The van der Waals surface area contributed by atoms with Crippen LogP contribution in [0.4, 0.5) is 0 Å². The summed E-state index contributed by atoms with van der Waals surface area (Å²) in [6, 6.07) is 6.71. The van der Waals surface area contributed by atoms with Crippen molar-refractivity contribution in [3.63, 3.8) is 0 Å². The lowest BCUT2D eigenvalue weighted by atomic mass is 10.1. The first-order chi connectivity index (χ1) is 8.98. The van der Waals surface area contributed by atoms with E-state index in [-0.39, 0.29) is 10.8 Å². The molecule has 0 spiro atoms. The van der Waals surface area contributed by atoms with Crippen LogP contribution in [0.5, 0.6) is 0 Å². The molecule has 1 saturated heterocycles. The van der Waals surface area contributed by atoms with Crippen LogP contribution in [0.3, 0.4) is 0 Å². The van der Waals surface area contributed by atoms with E-state index in [4.69, 9.17) is 11.0 Å². The quantitative estimate of drug-likeness (QED) is 0.888. The molecule has 2 rings (SSSR count). The number of hydrogen-bond donors (Lipinski definition) is 1. The molecule has 1 atom stereocenters. The average molecular weight is 279 g/mol. The largest absolute Gasteiger partial charge is 0.330 e. The minimum Gasteiger partial charge on any atom is -0.330 e. The molecule has 0 radical (unpaired) electrons. The zero-order chi connectivity index (χ0) is 14.0. The van der Waals surface area contributed by atoms with Crippen LogP contribution in [-0.4, -0.2) is 32.4 Å². The Morgan fingerprint density at radius 2 is 2.26 bits per heavy atom. The molecule has 0 aromatic heterocycles. The third kappa shape index (κ3) is 2.63. The van der Waals surface area contributed by atoms with E-state index in [1.807, 2.05) is 6.07 Å². The molecular formula is C13H17N3O2S. The normalized spacial score (nSPS) is 20.4. The lowest BCUT2D eigenvalue weighted by molar-refractivity contribution is 0.458. The maximum absolute atomic E-state index is 12.6. The smallest absolute Gasteiger partial charge is 0.243 e. The van der Waals surface area contributed by atoms with Gasteiger partial charge in [-0.05, 0) is 43.5 Å². The standard InChI is InChI=1S/C13H17N3O2S/c1-10-2-3-11(7-14)6-13(10)19(17,18)16-5-4-12(8-15)9-16/h2-3,6,12H,4-5,8-9,15H2,1H3. The van der Waals surface area contributed by atoms with Crippen molar-refractivity contribution in [1.29, 1.82) is 5.26 Å². The van der Waals surface area contributed by atoms with Gasteiger partial charge in [-0.1, -0.05) is 6.07 Å². The number of nitriles is 1. The van der Waals surface area contributed by atoms with E-state index in [0.717, 1.165) is 6.42 Å². The first-order valence-corrected chi connectivity index (χ1v) is 7.64. The van der Waals surface area contributed by atoms with Crippen LogP contribution in [0.15, 0.2) is 23.1 Å². The number of nitrogens with two attached hydrogens (primary N) is 1. The molecule has 2 N–H and O–H groups in total. The van der Waals surface area contributed by atoms with E-state index in [2.05, 4.69) is 0 Å². The monoisotopic (exact) mass is 279 g/mol. The third-order valence-corrected chi connectivity index (χ3v) is 5.52. The molecule has 1 heterocycles. The van der Waals surface area contributed by atoms with Crippen LogP contribution in [-0.2, 0) is 10.0 Å². The molecule has 6 heteroatoms. The van der Waals surface area contributed by atoms with Crippen molar-refractivity contribution in [1.82, 2.24) is 4.31 Å². The SMILES string of the molecule is Cc1ccc(C#N)cc1S(=O)(=O)N1CCC(CN)C1. The molecule has 1 unspecified atom stereocenters. The molecule has 19 heavy (non-hydrogen) atoms. The fraction of sp³-hybridized carbons (Fsp3) is 0.462. The Hall–Kier alpha value is -1.42. The number of sulfonamides is 1. The summed E-state index contributed by atoms with van der Waals surface area (Å²) in [5, 5.41) is 8.89. The Kier molecular flexibility index (Phi) is 3.90. The minimum atomic E-state index is -3.52. The first-order valence-electron chi connectivity index (χ1n) is 6.20. The van der Waals surface area contributed by atoms with Gasteiger partial charge in [0.15, 0.2) is 0 Å². The van der Waals surface area contributed by atoms with Crippen molar-refractivity contribution in [2.75, 3.05) is 19.6 Å². The zero-order valence-electron chi connectivity index (χ0n) is 10.8. The number of nitrogens with zero attached hydrogens (tertiary/aromatic N) is 2. The van der Waals surface area contributed by atoms with Gasteiger partial charge in [-0.3, -0.25) is 0 Å². The van der Waals surface area contributed by atoms with E-state index in [0.29, 0.717) is 30.8 Å². The van der Waals surface area contributed by atoms with Crippen molar-refractivity contribution in [3.8, 4) is 6.07 Å². The molecule has 5 nitrogen and oxygen atoms in total. The number of rotatable bonds is 3. The Morgan fingerprint density at radius 1 is 1.53 bits per heavy atom. The van der Waals surface area contributed by atoms with Gasteiger partial charge in [-0.25, -0.2) is 8.42 Å². The second kappa shape index (κ2) is 5.29. The number of aryl methyl sites for hydroxylation is 1. The number of benzene rings is 1. The van der Waals surface area contributed by atoms with Crippen molar-refractivity contribution in [2.45, 2.75) is 18.2 Å². The van der Waals surface area contributed by atoms with Crippen molar-refractivity contribution in [3.05, 3.63) is 29.3 Å². The molecule has 1 aliphatic rings. The highest BCUT2D eigenvalue weighted by molar-refractivity contribution is 7.89. The van der Waals surface area contributed by atoms with Gasteiger partial charge >= 0.3 is 0 Å². The predicted molar refractivity (Wildman–Crippen MR) is 71.8 cm³/mol.